The summed E-state index contributed by atoms with van der Waals surface area (Å²) in [6, 6.07) is -4.77. The molecule has 2 rings (SSSR count). The Morgan fingerprint density at radius 2 is 1.23 bits per heavy atom. The lowest BCUT2D eigenvalue weighted by Crippen LogP contribution is -2.51. The van der Waals surface area contributed by atoms with Gasteiger partial charge in [0.2, 0.25) is 5.91 Å². The van der Waals surface area contributed by atoms with Crippen molar-refractivity contribution in [2.75, 3.05) is 13.1 Å². The fourth-order valence-electron chi connectivity index (χ4n) is 6.37. The predicted octanol–water partition coefficient (Wildman–Crippen LogP) is 1.26. The van der Waals surface area contributed by atoms with Crippen LogP contribution < -0.4 is 21.7 Å². The Kier molecular flexibility index (Phi) is 22.6. The van der Waals surface area contributed by atoms with Crippen LogP contribution in [0, 0.1) is 5.92 Å². The molecule has 0 aliphatic carbocycles. The summed E-state index contributed by atoms with van der Waals surface area (Å²) in [6.45, 7) is 2.41. The second-order valence-corrected chi connectivity index (χ2v) is 14.5. The highest BCUT2D eigenvalue weighted by atomic mass is 16.4. The number of carbonyl (C=O) groups is 8. The Morgan fingerprint density at radius 1 is 0.700 bits per heavy atom. The average Bonchev–Trinajstić information content (AvgIpc) is 3.80. The number of urea groups is 1. The van der Waals surface area contributed by atoms with Gasteiger partial charge in [-0.15, -0.1) is 0 Å². The van der Waals surface area contributed by atoms with E-state index in [0.29, 0.717) is 50.3 Å². The molecule has 0 saturated carbocycles. The van der Waals surface area contributed by atoms with Crippen LogP contribution in [-0.2, 0) is 59.7 Å². The van der Waals surface area contributed by atoms with E-state index in [0.717, 1.165) is 19.3 Å². The van der Waals surface area contributed by atoms with Gasteiger partial charge in [0.1, 0.15) is 42.6 Å². The van der Waals surface area contributed by atoms with Gasteiger partial charge >= 0.3 is 35.9 Å². The first-order chi connectivity index (χ1) is 28.5. The molecule has 0 aliphatic rings. The number of nitrogens with zero attached hydrogens (tertiary/aromatic N) is 5. The Morgan fingerprint density at radius 3 is 1.75 bits per heavy atom. The Bertz CT molecular complexity index is 1670. The number of amides is 3. The maximum absolute atomic E-state index is 13.5. The van der Waals surface area contributed by atoms with Crippen molar-refractivity contribution in [3.63, 3.8) is 0 Å². The van der Waals surface area contributed by atoms with Gasteiger partial charge in [0.05, 0.1) is 19.1 Å². The number of carboxylic acids is 5. The number of imidazole rings is 2. The van der Waals surface area contributed by atoms with Crippen LogP contribution in [-0.4, -0.2) is 128 Å². The lowest BCUT2D eigenvalue weighted by atomic mass is 9.91. The molecule has 4 atom stereocenters. The molecular formula is C38H59N9O13. The molecule has 0 fully saturated rings. The van der Waals surface area contributed by atoms with Crippen LogP contribution in [0.2, 0.25) is 0 Å². The van der Waals surface area contributed by atoms with Gasteiger partial charge in [-0.1, -0.05) is 32.6 Å². The molecule has 0 radical (unpaired) electrons. The van der Waals surface area contributed by atoms with Gasteiger partial charge in [-0.25, -0.2) is 24.4 Å². The number of unbranched alkanes of at least 4 members (excludes halogenated alkanes) is 4. The van der Waals surface area contributed by atoms with Gasteiger partial charge in [-0.2, -0.15) is 0 Å². The summed E-state index contributed by atoms with van der Waals surface area (Å²) in [5.41, 5.74) is 6.20. The molecule has 0 aromatic carbocycles. The fourth-order valence-corrected chi connectivity index (χ4v) is 6.37. The summed E-state index contributed by atoms with van der Waals surface area (Å²) >= 11 is 0. The zero-order chi connectivity index (χ0) is 44.6. The van der Waals surface area contributed by atoms with Gasteiger partial charge in [0.25, 0.3) is 0 Å². The number of hydrogen-bond donors (Lipinski definition) is 9. The number of ketones is 1. The van der Waals surface area contributed by atoms with Crippen molar-refractivity contribution < 1.29 is 63.9 Å². The van der Waals surface area contributed by atoms with E-state index in [2.05, 4.69) is 25.9 Å². The van der Waals surface area contributed by atoms with Gasteiger partial charge in [0.15, 0.2) is 0 Å². The average molecular weight is 850 g/mol. The van der Waals surface area contributed by atoms with E-state index in [4.69, 9.17) is 10.8 Å². The van der Waals surface area contributed by atoms with Crippen molar-refractivity contribution >= 4 is 47.6 Å². The number of rotatable bonds is 33. The molecule has 3 amide bonds. The van der Waals surface area contributed by atoms with Crippen LogP contribution >= 0.6 is 0 Å². The third-order valence-electron chi connectivity index (χ3n) is 9.64. The van der Waals surface area contributed by atoms with Crippen LogP contribution in [0.1, 0.15) is 102 Å². The zero-order valence-corrected chi connectivity index (χ0v) is 33.9. The quantitative estimate of drug-likeness (QED) is 0.0456. The predicted molar refractivity (Wildman–Crippen MR) is 211 cm³/mol. The number of carboxylic acid groups (broad SMARTS) is 5. The van der Waals surface area contributed by atoms with E-state index < -0.39 is 72.8 Å². The summed E-state index contributed by atoms with van der Waals surface area (Å²) < 4.78 is 2.99. The van der Waals surface area contributed by atoms with Crippen molar-refractivity contribution in [2.24, 2.45) is 11.7 Å². The fraction of sp³-hybridized carbons (Fsp3) is 0.632. The maximum Gasteiger partial charge on any atom is 0.326 e. The first-order valence-corrected chi connectivity index (χ1v) is 20.0. The lowest BCUT2D eigenvalue weighted by Gasteiger charge is -2.23. The second-order valence-electron chi connectivity index (χ2n) is 14.5. The smallest absolute Gasteiger partial charge is 0.326 e. The normalized spacial score (nSPS) is 13.2. The van der Waals surface area contributed by atoms with E-state index in [1.54, 1.807) is 12.4 Å². The first-order valence-electron chi connectivity index (χ1n) is 20.0. The lowest BCUT2D eigenvalue weighted by molar-refractivity contribution is -0.141. The number of nitrogens with two attached hydrogens (primary N) is 1. The van der Waals surface area contributed by atoms with E-state index in [1.165, 1.54) is 21.5 Å². The monoisotopic (exact) mass is 849 g/mol. The Balaban J connectivity index is 2.06. The van der Waals surface area contributed by atoms with E-state index in [1.807, 2.05) is 11.8 Å². The topological polar surface area (TPSA) is 339 Å². The first kappa shape index (κ1) is 50.2. The summed E-state index contributed by atoms with van der Waals surface area (Å²) in [5, 5.41) is 53.4. The van der Waals surface area contributed by atoms with Crippen LogP contribution in [0.25, 0.3) is 0 Å². The largest absolute Gasteiger partial charge is 0.481 e. The molecule has 2 aromatic heterocycles. The third kappa shape index (κ3) is 19.7. The van der Waals surface area contributed by atoms with Crippen LogP contribution in [0.3, 0.4) is 0 Å². The van der Waals surface area contributed by atoms with Crippen molar-refractivity contribution in [1.82, 2.24) is 40.0 Å². The van der Waals surface area contributed by atoms with E-state index in [9.17, 15) is 58.8 Å². The molecule has 2 heterocycles. The van der Waals surface area contributed by atoms with Gasteiger partial charge in [-0.05, 0) is 51.5 Å². The number of aromatic nitrogens is 4. The summed E-state index contributed by atoms with van der Waals surface area (Å²) in [6.07, 6.45) is 9.97. The van der Waals surface area contributed by atoms with Gasteiger partial charge < -0.3 is 56.4 Å². The Hall–Kier alpha value is -5.90. The molecule has 2 aromatic rings. The third-order valence-corrected chi connectivity index (χ3v) is 9.64. The second kappa shape index (κ2) is 27.0. The minimum atomic E-state index is -1.54. The summed E-state index contributed by atoms with van der Waals surface area (Å²) in [7, 11) is 0. The molecule has 22 heteroatoms. The molecule has 0 aliphatic heterocycles. The SMILES string of the molecule is CCCCCC(N)C(=O)C[C@H](CCCCN(Cc1nccn1CC(=O)O)Cc1nccn1CC(=O)O)C(=O)NCCCC[C@H](NC(=O)N[C@@H](CCC(=O)O)C(=O)O)C(=O)O. The van der Waals surface area contributed by atoms with Crippen molar-refractivity contribution in [3.8, 4) is 0 Å². The Labute approximate surface area is 346 Å². The highest BCUT2D eigenvalue weighted by molar-refractivity contribution is 5.89. The molecule has 60 heavy (non-hydrogen) atoms. The maximum atomic E-state index is 13.5. The molecule has 0 spiro atoms. The molecule has 1 unspecified atom stereocenters. The molecule has 10 N–H and O–H groups in total. The van der Waals surface area contributed by atoms with Crippen LogP contribution in [0.15, 0.2) is 24.8 Å². The van der Waals surface area contributed by atoms with Crippen LogP contribution in [0.5, 0.6) is 0 Å². The van der Waals surface area contributed by atoms with Gasteiger partial charge in [-0.3, -0.25) is 28.9 Å². The summed E-state index contributed by atoms with van der Waals surface area (Å²) in [5.74, 6) is -6.63. The highest BCUT2D eigenvalue weighted by Gasteiger charge is 2.27. The van der Waals surface area contributed by atoms with Crippen molar-refractivity contribution in [3.05, 3.63) is 36.4 Å². The molecule has 0 saturated heterocycles. The minimum Gasteiger partial charge on any atom is -0.481 e. The van der Waals surface area contributed by atoms with Crippen molar-refractivity contribution in [1.29, 1.82) is 0 Å². The van der Waals surface area contributed by atoms with Crippen LogP contribution in [0.4, 0.5) is 4.79 Å². The van der Waals surface area contributed by atoms with E-state index in [-0.39, 0.29) is 63.7 Å². The zero-order valence-electron chi connectivity index (χ0n) is 33.9. The molecule has 22 nitrogen and oxygen atoms in total. The number of nitrogens with one attached hydrogen (secondary N) is 3. The number of aliphatic carboxylic acids is 5. The number of hydrogen-bond acceptors (Lipinski definition) is 12. The minimum absolute atomic E-state index is 0.0659. The summed E-state index contributed by atoms with van der Waals surface area (Å²) in [4.78, 5) is 106. The number of carbonyl (C=O) groups excluding carboxylic acids is 3. The van der Waals surface area contributed by atoms with Crippen molar-refractivity contribution in [2.45, 2.75) is 135 Å². The van der Waals surface area contributed by atoms with E-state index >= 15 is 0 Å². The molecule has 334 valence electrons. The van der Waals surface area contributed by atoms with Gasteiger partial charge in [0, 0.05) is 50.1 Å². The highest BCUT2D eigenvalue weighted by Crippen LogP contribution is 2.18. The number of Topliss-reactive ketones (excluding diaryl/α,β-unsaturated/α-hetero) is 1. The molecule has 0 bridgehead atoms. The standard InChI is InChI=1S/C38H59N9O13/c1-2-3-4-10-26(39)29(48)20-25(35(55)42-14-7-5-11-27(36(56)57)43-38(60)44-28(37(58)59)12-13-32(49)50)9-6-8-17-45(21-30-40-15-18-46(30)23-33(51)52)22-31-41-16-19-47(31)24-34(53)54/h15-16,18-19,25-28H,2-14,17,20-24,39H2,1H3,(H,42,55)(H,49,50)(H,51,52)(H,53,54)(H,56,57)(H,58,59)(H2,43,44,60)/t25-,26?,27-,28-/m0/s1. The molecular weight excluding hydrogens is 790 g/mol.